The third-order valence-corrected chi connectivity index (χ3v) is 6.51. The number of amides is 4. The largest absolute Gasteiger partial charge is 0.354 e. The van der Waals surface area contributed by atoms with Crippen LogP contribution in [0.3, 0.4) is 0 Å². The van der Waals surface area contributed by atoms with Crippen LogP contribution in [0.4, 0.5) is 4.79 Å². The first-order chi connectivity index (χ1) is 15.0. The lowest BCUT2D eigenvalue weighted by molar-refractivity contribution is -0.135. The van der Waals surface area contributed by atoms with Gasteiger partial charge in [-0.2, -0.15) is 0 Å². The average molecular weight is 420 g/mol. The molecule has 4 amide bonds. The van der Waals surface area contributed by atoms with Crippen molar-refractivity contribution in [2.75, 3.05) is 13.1 Å². The van der Waals surface area contributed by atoms with E-state index >= 15 is 0 Å². The van der Waals surface area contributed by atoms with Gasteiger partial charge < -0.3 is 10.6 Å². The standard InChI is InChI=1S/C25H29N3O3/c1-2-3-14-25(20-12-8-5-9-13-20)22(30)28(23(31)27-25)17-21(29)26-18-24(15-16-24)19-10-6-4-7-11-19/h4-13H,2-3,14-18H2,1H3,(H,26,29)(H,27,31). The quantitative estimate of drug-likeness (QED) is 0.611. The van der Waals surface area contributed by atoms with Crippen molar-refractivity contribution < 1.29 is 14.4 Å². The fourth-order valence-corrected chi connectivity index (χ4v) is 4.42. The first-order valence-corrected chi connectivity index (χ1v) is 11.0. The summed E-state index contributed by atoms with van der Waals surface area (Å²) in [7, 11) is 0. The van der Waals surface area contributed by atoms with E-state index in [4.69, 9.17) is 0 Å². The summed E-state index contributed by atoms with van der Waals surface area (Å²) in [6.07, 6.45) is 4.25. The smallest absolute Gasteiger partial charge is 0.325 e. The van der Waals surface area contributed by atoms with E-state index in [2.05, 4.69) is 22.8 Å². The van der Waals surface area contributed by atoms with Gasteiger partial charge in [0.2, 0.25) is 5.91 Å². The van der Waals surface area contributed by atoms with E-state index in [-0.39, 0.29) is 23.8 Å². The molecule has 2 aromatic carbocycles. The second-order valence-corrected chi connectivity index (χ2v) is 8.62. The molecule has 6 heteroatoms. The highest BCUT2D eigenvalue weighted by Gasteiger charge is 2.52. The summed E-state index contributed by atoms with van der Waals surface area (Å²) in [4.78, 5) is 39.8. The molecular formula is C25H29N3O3. The lowest BCUT2D eigenvalue weighted by Crippen LogP contribution is -2.45. The molecular weight excluding hydrogens is 390 g/mol. The van der Waals surface area contributed by atoms with Crippen molar-refractivity contribution in [1.82, 2.24) is 15.5 Å². The van der Waals surface area contributed by atoms with Crippen LogP contribution < -0.4 is 10.6 Å². The number of nitrogens with one attached hydrogen (secondary N) is 2. The van der Waals surface area contributed by atoms with Crippen molar-refractivity contribution in [3.05, 3.63) is 71.8 Å². The maximum Gasteiger partial charge on any atom is 0.325 e. The maximum atomic E-state index is 13.4. The monoisotopic (exact) mass is 419 g/mol. The van der Waals surface area contributed by atoms with E-state index in [1.165, 1.54) is 5.56 Å². The Labute approximate surface area is 183 Å². The van der Waals surface area contributed by atoms with Gasteiger partial charge in [0.05, 0.1) is 0 Å². The minimum atomic E-state index is -1.10. The molecule has 31 heavy (non-hydrogen) atoms. The third kappa shape index (κ3) is 4.07. The summed E-state index contributed by atoms with van der Waals surface area (Å²) in [6.45, 7) is 2.29. The number of unbranched alkanes of at least 4 members (excludes halogenated alkanes) is 1. The number of carbonyl (C=O) groups excluding carboxylic acids is 3. The lowest BCUT2D eigenvalue weighted by Gasteiger charge is -2.27. The van der Waals surface area contributed by atoms with Gasteiger partial charge in [0, 0.05) is 12.0 Å². The Balaban J connectivity index is 1.44. The molecule has 1 aliphatic heterocycles. The van der Waals surface area contributed by atoms with Gasteiger partial charge in [0.25, 0.3) is 5.91 Å². The van der Waals surface area contributed by atoms with Crippen LogP contribution in [0.5, 0.6) is 0 Å². The minimum Gasteiger partial charge on any atom is -0.354 e. The van der Waals surface area contributed by atoms with Gasteiger partial charge in [0.15, 0.2) is 0 Å². The van der Waals surface area contributed by atoms with Gasteiger partial charge in [-0.25, -0.2) is 4.79 Å². The number of nitrogens with zero attached hydrogens (tertiary/aromatic N) is 1. The summed E-state index contributed by atoms with van der Waals surface area (Å²) in [5, 5.41) is 5.84. The number of urea groups is 1. The highest BCUT2D eigenvalue weighted by atomic mass is 16.2. The zero-order chi connectivity index (χ0) is 21.9. The molecule has 1 aliphatic carbocycles. The molecule has 0 spiro atoms. The second-order valence-electron chi connectivity index (χ2n) is 8.62. The van der Waals surface area contributed by atoms with Crippen LogP contribution >= 0.6 is 0 Å². The first kappa shape index (κ1) is 21.1. The Bertz CT molecular complexity index is 956. The zero-order valence-electron chi connectivity index (χ0n) is 17.9. The van der Waals surface area contributed by atoms with Crippen LogP contribution in [-0.2, 0) is 20.5 Å². The van der Waals surface area contributed by atoms with Gasteiger partial charge >= 0.3 is 6.03 Å². The second kappa shape index (κ2) is 8.53. The van der Waals surface area contributed by atoms with Crippen LogP contribution in [0, 0.1) is 0 Å². The molecule has 0 aromatic heterocycles. The highest BCUT2D eigenvalue weighted by Crippen LogP contribution is 2.47. The Morgan fingerprint density at radius 1 is 1.00 bits per heavy atom. The summed E-state index contributed by atoms with van der Waals surface area (Å²) < 4.78 is 0. The van der Waals surface area contributed by atoms with Crippen molar-refractivity contribution in [3.8, 4) is 0 Å². The SMILES string of the molecule is CCCCC1(c2ccccc2)NC(=O)N(CC(=O)NCC2(c3ccccc3)CC2)C1=O. The summed E-state index contributed by atoms with van der Waals surface area (Å²) >= 11 is 0. The van der Waals surface area contributed by atoms with Gasteiger partial charge in [-0.05, 0) is 30.4 Å². The molecule has 1 atom stereocenters. The molecule has 4 rings (SSSR count). The molecule has 2 aromatic rings. The Morgan fingerprint density at radius 3 is 2.19 bits per heavy atom. The summed E-state index contributed by atoms with van der Waals surface area (Å²) in [5.74, 6) is -0.665. The van der Waals surface area contributed by atoms with Gasteiger partial charge in [-0.1, -0.05) is 80.4 Å². The first-order valence-electron chi connectivity index (χ1n) is 11.0. The fourth-order valence-electron chi connectivity index (χ4n) is 4.42. The fraction of sp³-hybridized carbons (Fsp3) is 0.400. The molecule has 6 nitrogen and oxygen atoms in total. The van der Waals surface area contributed by atoms with Crippen LogP contribution in [0.2, 0.25) is 0 Å². The summed E-state index contributed by atoms with van der Waals surface area (Å²) in [6, 6.07) is 18.9. The van der Waals surface area contributed by atoms with Gasteiger partial charge in [-0.3, -0.25) is 14.5 Å². The highest BCUT2D eigenvalue weighted by molar-refractivity contribution is 6.09. The van der Waals surface area contributed by atoms with E-state index in [0.717, 1.165) is 36.1 Å². The lowest BCUT2D eigenvalue weighted by atomic mass is 9.85. The van der Waals surface area contributed by atoms with E-state index < -0.39 is 11.6 Å². The minimum absolute atomic E-state index is 0.0247. The molecule has 0 radical (unpaired) electrons. The molecule has 162 valence electrons. The number of carbonyl (C=O) groups is 3. The van der Waals surface area contributed by atoms with E-state index in [1.54, 1.807) is 0 Å². The molecule has 1 saturated heterocycles. The van der Waals surface area contributed by atoms with Crippen molar-refractivity contribution in [2.24, 2.45) is 0 Å². The van der Waals surface area contributed by atoms with Crippen LogP contribution in [0.15, 0.2) is 60.7 Å². The normalized spacial score (nSPS) is 21.6. The van der Waals surface area contributed by atoms with Crippen LogP contribution in [-0.4, -0.2) is 35.8 Å². The number of benzene rings is 2. The predicted octanol–water partition coefficient (Wildman–Crippen LogP) is 3.47. The number of hydrogen-bond acceptors (Lipinski definition) is 3. The Hall–Kier alpha value is -3.15. The predicted molar refractivity (Wildman–Crippen MR) is 118 cm³/mol. The topological polar surface area (TPSA) is 78.5 Å². The Morgan fingerprint density at radius 2 is 1.61 bits per heavy atom. The van der Waals surface area contributed by atoms with Gasteiger partial charge in [0.1, 0.15) is 12.1 Å². The van der Waals surface area contributed by atoms with Crippen LogP contribution in [0.1, 0.15) is 50.2 Å². The zero-order valence-corrected chi connectivity index (χ0v) is 17.9. The van der Waals surface area contributed by atoms with Gasteiger partial charge in [-0.15, -0.1) is 0 Å². The van der Waals surface area contributed by atoms with Crippen molar-refractivity contribution in [2.45, 2.75) is 50.0 Å². The van der Waals surface area contributed by atoms with Crippen molar-refractivity contribution in [3.63, 3.8) is 0 Å². The van der Waals surface area contributed by atoms with Crippen molar-refractivity contribution >= 4 is 17.8 Å². The molecule has 2 aliphatic rings. The van der Waals surface area contributed by atoms with E-state index in [0.29, 0.717) is 13.0 Å². The van der Waals surface area contributed by atoms with E-state index in [1.807, 2.05) is 55.5 Å². The van der Waals surface area contributed by atoms with Crippen molar-refractivity contribution in [1.29, 1.82) is 0 Å². The Kier molecular flexibility index (Phi) is 5.81. The molecule has 1 saturated carbocycles. The molecule has 0 bridgehead atoms. The number of rotatable bonds is 9. The molecule has 1 unspecified atom stereocenters. The third-order valence-electron chi connectivity index (χ3n) is 6.51. The number of hydrogen-bond donors (Lipinski definition) is 2. The number of imide groups is 1. The molecule has 2 N–H and O–H groups in total. The molecule has 2 fully saturated rings. The van der Waals surface area contributed by atoms with E-state index in [9.17, 15) is 14.4 Å². The molecule has 1 heterocycles. The summed E-state index contributed by atoms with van der Waals surface area (Å²) in [5.41, 5.74) is 0.846. The maximum absolute atomic E-state index is 13.4. The van der Waals surface area contributed by atoms with Crippen LogP contribution in [0.25, 0.3) is 0 Å². The average Bonchev–Trinajstić information content (AvgIpc) is 3.56.